The maximum absolute atomic E-state index is 12.0. The van der Waals surface area contributed by atoms with Crippen LogP contribution in [-0.2, 0) is 11.3 Å². The normalized spacial score (nSPS) is 16.4. The summed E-state index contributed by atoms with van der Waals surface area (Å²) in [6, 6.07) is -0.195. The van der Waals surface area contributed by atoms with Crippen LogP contribution in [0.15, 0.2) is 12.4 Å². The molecule has 2 N–H and O–H groups in total. The molecule has 0 bridgehead atoms. The number of nitrogens with one attached hydrogen (secondary N) is 1. The minimum atomic E-state index is -0.774. The lowest BCUT2D eigenvalue weighted by Gasteiger charge is -2.29. The van der Waals surface area contributed by atoms with Crippen LogP contribution in [0.5, 0.6) is 0 Å². The van der Waals surface area contributed by atoms with Gasteiger partial charge in [0.1, 0.15) is 0 Å². The molecule has 0 unspecified atom stereocenters. The standard InChI is InChI=1S/C12H18N4O3/c1-2-16-8-10(7-13-16)14-12(19)15-5-3-9(4-6-15)11(17)18/h7-9H,2-6H2,1H3,(H,14,19)(H,17,18). The number of aryl methyl sites for hydroxylation is 1. The number of nitrogens with zero attached hydrogens (tertiary/aromatic N) is 3. The van der Waals surface area contributed by atoms with Crippen molar-refractivity contribution in [2.24, 2.45) is 5.92 Å². The van der Waals surface area contributed by atoms with Crippen LogP contribution in [0.3, 0.4) is 0 Å². The van der Waals surface area contributed by atoms with E-state index in [2.05, 4.69) is 10.4 Å². The van der Waals surface area contributed by atoms with E-state index in [1.165, 1.54) is 0 Å². The molecule has 1 aromatic rings. The summed E-state index contributed by atoms with van der Waals surface area (Å²) in [6.45, 7) is 3.67. The number of carbonyl (C=O) groups is 2. The average molecular weight is 266 g/mol. The summed E-state index contributed by atoms with van der Waals surface area (Å²) < 4.78 is 1.73. The predicted molar refractivity (Wildman–Crippen MR) is 68.9 cm³/mol. The van der Waals surface area contributed by atoms with Crippen LogP contribution in [-0.4, -0.2) is 44.9 Å². The summed E-state index contributed by atoms with van der Waals surface area (Å²) in [6.07, 6.45) is 4.39. The first-order valence-corrected chi connectivity index (χ1v) is 6.41. The fraction of sp³-hybridized carbons (Fsp3) is 0.583. The predicted octanol–water partition coefficient (Wildman–Crippen LogP) is 1.23. The Balaban J connectivity index is 1.86. The van der Waals surface area contributed by atoms with Gasteiger partial charge in [0.2, 0.25) is 0 Å². The van der Waals surface area contributed by atoms with Crippen LogP contribution in [0.4, 0.5) is 10.5 Å². The van der Waals surface area contributed by atoms with Gasteiger partial charge in [-0.15, -0.1) is 0 Å². The van der Waals surface area contributed by atoms with Gasteiger partial charge >= 0.3 is 12.0 Å². The van der Waals surface area contributed by atoms with Crippen molar-refractivity contribution in [2.45, 2.75) is 26.3 Å². The Bertz CT molecular complexity index is 463. The topological polar surface area (TPSA) is 87.5 Å². The molecule has 1 aromatic heterocycles. The molecule has 104 valence electrons. The Morgan fingerprint density at radius 2 is 2.16 bits per heavy atom. The molecular formula is C12H18N4O3. The lowest BCUT2D eigenvalue weighted by atomic mass is 9.97. The molecule has 0 spiro atoms. The van der Waals surface area contributed by atoms with Gasteiger partial charge in [-0.2, -0.15) is 5.10 Å². The molecule has 2 amide bonds. The summed E-state index contributed by atoms with van der Waals surface area (Å²) >= 11 is 0. The van der Waals surface area contributed by atoms with Gasteiger partial charge in [-0.1, -0.05) is 0 Å². The smallest absolute Gasteiger partial charge is 0.321 e. The molecule has 1 saturated heterocycles. The first-order valence-electron chi connectivity index (χ1n) is 6.41. The van der Waals surface area contributed by atoms with Crippen LogP contribution >= 0.6 is 0 Å². The van der Waals surface area contributed by atoms with Gasteiger partial charge < -0.3 is 15.3 Å². The van der Waals surface area contributed by atoms with Crippen molar-refractivity contribution in [1.29, 1.82) is 0 Å². The number of hydrogen-bond acceptors (Lipinski definition) is 3. The molecule has 1 aliphatic heterocycles. The van der Waals surface area contributed by atoms with Crippen molar-refractivity contribution < 1.29 is 14.7 Å². The van der Waals surface area contributed by atoms with Crippen molar-refractivity contribution in [3.05, 3.63) is 12.4 Å². The van der Waals surface area contributed by atoms with E-state index in [9.17, 15) is 9.59 Å². The first-order chi connectivity index (χ1) is 9.10. The molecule has 0 radical (unpaired) electrons. The third-order valence-electron chi connectivity index (χ3n) is 3.34. The number of likely N-dealkylation sites (tertiary alicyclic amines) is 1. The Morgan fingerprint density at radius 1 is 1.47 bits per heavy atom. The minimum Gasteiger partial charge on any atom is -0.481 e. The number of carbonyl (C=O) groups excluding carboxylic acids is 1. The number of urea groups is 1. The van der Waals surface area contributed by atoms with Gasteiger partial charge in [-0.3, -0.25) is 9.48 Å². The fourth-order valence-corrected chi connectivity index (χ4v) is 2.13. The van der Waals surface area contributed by atoms with Gasteiger partial charge in [-0.05, 0) is 19.8 Å². The van der Waals surface area contributed by atoms with E-state index in [1.807, 2.05) is 6.92 Å². The van der Waals surface area contributed by atoms with E-state index >= 15 is 0 Å². The number of aliphatic carboxylic acids is 1. The lowest BCUT2D eigenvalue weighted by molar-refractivity contribution is -0.143. The van der Waals surface area contributed by atoms with E-state index in [-0.39, 0.29) is 11.9 Å². The Kier molecular flexibility index (Phi) is 4.03. The van der Waals surface area contributed by atoms with Crippen molar-refractivity contribution in [2.75, 3.05) is 18.4 Å². The zero-order chi connectivity index (χ0) is 13.8. The second-order valence-corrected chi connectivity index (χ2v) is 4.61. The number of carboxylic acids is 1. The molecule has 0 atom stereocenters. The quantitative estimate of drug-likeness (QED) is 0.861. The monoisotopic (exact) mass is 266 g/mol. The number of piperidine rings is 1. The summed E-state index contributed by atoms with van der Waals surface area (Å²) in [5, 5.41) is 15.7. The fourth-order valence-electron chi connectivity index (χ4n) is 2.13. The average Bonchev–Trinajstić information content (AvgIpc) is 2.86. The molecule has 0 aliphatic carbocycles. The summed E-state index contributed by atoms with van der Waals surface area (Å²) in [5.41, 5.74) is 0.659. The Morgan fingerprint density at radius 3 is 2.68 bits per heavy atom. The van der Waals surface area contributed by atoms with Crippen molar-refractivity contribution in [1.82, 2.24) is 14.7 Å². The Labute approximate surface area is 111 Å². The van der Waals surface area contributed by atoms with E-state index in [1.54, 1.807) is 22.0 Å². The van der Waals surface area contributed by atoms with Gasteiger partial charge in [0.05, 0.1) is 17.8 Å². The summed E-state index contributed by atoms with van der Waals surface area (Å²) in [4.78, 5) is 24.4. The van der Waals surface area contributed by atoms with Gasteiger partial charge in [-0.25, -0.2) is 4.79 Å². The number of anilines is 1. The second kappa shape index (κ2) is 5.73. The molecule has 7 heteroatoms. The van der Waals surface area contributed by atoms with E-state index in [0.717, 1.165) is 6.54 Å². The highest BCUT2D eigenvalue weighted by Gasteiger charge is 2.27. The van der Waals surface area contributed by atoms with Gasteiger partial charge in [0.15, 0.2) is 0 Å². The molecule has 19 heavy (non-hydrogen) atoms. The number of hydrogen-bond donors (Lipinski definition) is 2. The SMILES string of the molecule is CCn1cc(NC(=O)N2CCC(C(=O)O)CC2)cn1. The van der Waals surface area contributed by atoms with Crippen LogP contribution < -0.4 is 5.32 Å². The Hall–Kier alpha value is -2.05. The van der Waals surface area contributed by atoms with Crippen molar-refractivity contribution in [3.63, 3.8) is 0 Å². The van der Waals surface area contributed by atoms with Gasteiger partial charge in [0, 0.05) is 25.8 Å². The third-order valence-corrected chi connectivity index (χ3v) is 3.34. The third kappa shape index (κ3) is 3.24. The van der Waals surface area contributed by atoms with E-state index in [0.29, 0.717) is 31.6 Å². The maximum atomic E-state index is 12.0. The highest BCUT2D eigenvalue weighted by molar-refractivity contribution is 5.89. The molecule has 2 heterocycles. The second-order valence-electron chi connectivity index (χ2n) is 4.61. The lowest BCUT2D eigenvalue weighted by Crippen LogP contribution is -2.42. The highest BCUT2D eigenvalue weighted by Crippen LogP contribution is 2.18. The maximum Gasteiger partial charge on any atom is 0.321 e. The minimum absolute atomic E-state index is 0.195. The zero-order valence-corrected chi connectivity index (χ0v) is 10.9. The first kappa shape index (κ1) is 13.4. The number of carboxylic acid groups (broad SMARTS) is 1. The molecule has 1 aliphatic rings. The molecule has 7 nitrogen and oxygen atoms in total. The number of amides is 2. The van der Waals surface area contributed by atoms with Crippen LogP contribution in [0.2, 0.25) is 0 Å². The molecule has 2 rings (SSSR count). The highest BCUT2D eigenvalue weighted by atomic mass is 16.4. The molecule has 1 fully saturated rings. The summed E-state index contributed by atoms with van der Waals surface area (Å²) in [5.74, 6) is -1.10. The molecular weight excluding hydrogens is 248 g/mol. The molecule has 0 saturated carbocycles. The van der Waals surface area contributed by atoms with Crippen molar-refractivity contribution in [3.8, 4) is 0 Å². The van der Waals surface area contributed by atoms with Gasteiger partial charge in [0.25, 0.3) is 0 Å². The van der Waals surface area contributed by atoms with E-state index < -0.39 is 5.97 Å². The summed E-state index contributed by atoms with van der Waals surface area (Å²) in [7, 11) is 0. The molecule has 0 aromatic carbocycles. The zero-order valence-electron chi connectivity index (χ0n) is 10.9. The number of rotatable bonds is 3. The van der Waals surface area contributed by atoms with Crippen LogP contribution in [0, 0.1) is 5.92 Å². The largest absolute Gasteiger partial charge is 0.481 e. The van der Waals surface area contributed by atoms with Crippen LogP contribution in [0.1, 0.15) is 19.8 Å². The number of aromatic nitrogens is 2. The van der Waals surface area contributed by atoms with Crippen LogP contribution in [0.25, 0.3) is 0 Å². The van der Waals surface area contributed by atoms with E-state index in [4.69, 9.17) is 5.11 Å². The van der Waals surface area contributed by atoms with Crippen molar-refractivity contribution >= 4 is 17.7 Å².